The summed E-state index contributed by atoms with van der Waals surface area (Å²) in [7, 11) is 1.63. The molecule has 1 aromatic heterocycles. The fourth-order valence-electron chi connectivity index (χ4n) is 2.58. The molecule has 0 aliphatic rings. The lowest BCUT2D eigenvalue weighted by Crippen LogP contribution is -2.26. The van der Waals surface area contributed by atoms with E-state index < -0.39 is 6.09 Å². The summed E-state index contributed by atoms with van der Waals surface area (Å²) in [5.41, 5.74) is 2.81. The fourth-order valence-corrected chi connectivity index (χ4v) is 2.58. The summed E-state index contributed by atoms with van der Waals surface area (Å²) >= 11 is 0. The van der Waals surface area contributed by atoms with Crippen molar-refractivity contribution in [2.45, 2.75) is 19.6 Å². The SMILES string of the molecule is COc1cccc(Cn2cc(COC(=O)NCCc3ccccc3)nn2)c1. The quantitative estimate of drug-likeness (QED) is 0.663. The number of carbonyl (C=O) groups is 1. The van der Waals surface area contributed by atoms with Crippen LogP contribution in [0, 0.1) is 0 Å². The Morgan fingerprint density at radius 1 is 1.11 bits per heavy atom. The minimum atomic E-state index is -0.465. The third-order valence-electron chi connectivity index (χ3n) is 3.94. The highest BCUT2D eigenvalue weighted by Gasteiger charge is 2.06. The van der Waals surface area contributed by atoms with Crippen LogP contribution in [-0.4, -0.2) is 34.7 Å². The van der Waals surface area contributed by atoms with Gasteiger partial charge in [0.25, 0.3) is 0 Å². The zero-order valence-electron chi connectivity index (χ0n) is 15.2. The Kier molecular flexibility index (Phi) is 6.40. The Morgan fingerprint density at radius 3 is 2.74 bits per heavy atom. The van der Waals surface area contributed by atoms with Crippen LogP contribution in [0.5, 0.6) is 5.75 Å². The molecule has 0 bridgehead atoms. The van der Waals surface area contributed by atoms with Gasteiger partial charge in [-0.1, -0.05) is 47.7 Å². The van der Waals surface area contributed by atoms with Gasteiger partial charge in [-0.15, -0.1) is 5.10 Å². The number of carbonyl (C=O) groups excluding carboxylic acids is 1. The minimum absolute atomic E-state index is 0.0787. The van der Waals surface area contributed by atoms with Crippen LogP contribution in [-0.2, 0) is 24.3 Å². The van der Waals surface area contributed by atoms with E-state index in [4.69, 9.17) is 9.47 Å². The number of hydrogen-bond donors (Lipinski definition) is 1. The summed E-state index contributed by atoms with van der Waals surface area (Å²) in [5.74, 6) is 0.795. The van der Waals surface area contributed by atoms with Gasteiger partial charge in [0, 0.05) is 6.54 Å². The molecule has 0 radical (unpaired) electrons. The van der Waals surface area contributed by atoms with Crippen molar-refractivity contribution in [2.75, 3.05) is 13.7 Å². The largest absolute Gasteiger partial charge is 0.497 e. The fraction of sp³-hybridized carbons (Fsp3) is 0.250. The average molecular weight is 366 g/mol. The molecule has 1 amide bonds. The number of benzene rings is 2. The normalized spacial score (nSPS) is 10.4. The van der Waals surface area contributed by atoms with E-state index in [-0.39, 0.29) is 6.61 Å². The second-order valence-corrected chi connectivity index (χ2v) is 6.00. The lowest BCUT2D eigenvalue weighted by molar-refractivity contribution is 0.138. The van der Waals surface area contributed by atoms with Crippen molar-refractivity contribution in [3.8, 4) is 5.75 Å². The third kappa shape index (κ3) is 5.85. The highest BCUT2D eigenvalue weighted by atomic mass is 16.5. The second-order valence-electron chi connectivity index (χ2n) is 6.00. The van der Waals surface area contributed by atoms with E-state index in [0.717, 1.165) is 17.7 Å². The van der Waals surface area contributed by atoms with E-state index in [1.54, 1.807) is 18.0 Å². The second kappa shape index (κ2) is 9.38. The zero-order chi connectivity index (χ0) is 18.9. The lowest BCUT2D eigenvalue weighted by Gasteiger charge is -2.05. The molecule has 0 atom stereocenters. The highest BCUT2D eigenvalue weighted by molar-refractivity contribution is 5.67. The molecule has 1 heterocycles. The average Bonchev–Trinajstić information content (AvgIpc) is 3.15. The van der Waals surface area contributed by atoms with E-state index in [1.807, 2.05) is 54.6 Å². The van der Waals surface area contributed by atoms with Gasteiger partial charge in [0.15, 0.2) is 0 Å². The number of methoxy groups -OCH3 is 1. The molecule has 0 aliphatic heterocycles. The number of ether oxygens (including phenoxy) is 2. The summed E-state index contributed by atoms with van der Waals surface area (Å²) < 4.78 is 12.1. The summed E-state index contributed by atoms with van der Waals surface area (Å²) in [4.78, 5) is 11.8. The number of amides is 1. The van der Waals surface area contributed by atoms with Gasteiger partial charge in [0.2, 0.25) is 0 Å². The van der Waals surface area contributed by atoms with E-state index in [9.17, 15) is 4.79 Å². The summed E-state index contributed by atoms with van der Waals surface area (Å²) in [6.07, 6.45) is 2.05. The van der Waals surface area contributed by atoms with Crippen LogP contribution in [0.2, 0.25) is 0 Å². The van der Waals surface area contributed by atoms with Crippen molar-refractivity contribution >= 4 is 6.09 Å². The van der Waals surface area contributed by atoms with Gasteiger partial charge < -0.3 is 14.8 Å². The van der Waals surface area contributed by atoms with Crippen LogP contribution >= 0.6 is 0 Å². The first-order valence-corrected chi connectivity index (χ1v) is 8.69. The third-order valence-corrected chi connectivity index (χ3v) is 3.94. The molecule has 27 heavy (non-hydrogen) atoms. The molecule has 140 valence electrons. The maximum absolute atomic E-state index is 11.8. The minimum Gasteiger partial charge on any atom is -0.497 e. The van der Waals surface area contributed by atoms with Crippen LogP contribution in [0.25, 0.3) is 0 Å². The predicted octanol–water partition coefficient (Wildman–Crippen LogP) is 2.80. The first kappa shape index (κ1) is 18.4. The van der Waals surface area contributed by atoms with Crippen molar-refractivity contribution < 1.29 is 14.3 Å². The monoisotopic (exact) mass is 366 g/mol. The molecule has 0 aliphatic carbocycles. The Hall–Kier alpha value is -3.35. The van der Waals surface area contributed by atoms with Crippen LogP contribution in [0.15, 0.2) is 60.8 Å². The highest BCUT2D eigenvalue weighted by Crippen LogP contribution is 2.13. The molecule has 1 N–H and O–H groups in total. The van der Waals surface area contributed by atoms with Gasteiger partial charge in [0.05, 0.1) is 19.9 Å². The smallest absolute Gasteiger partial charge is 0.407 e. The number of rotatable bonds is 8. The van der Waals surface area contributed by atoms with Gasteiger partial charge >= 0.3 is 6.09 Å². The number of hydrogen-bond acceptors (Lipinski definition) is 5. The van der Waals surface area contributed by atoms with Crippen molar-refractivity contribution in [3.05, 3.63) is 77.6 Å². The van der Waals surface area contributed by atoms with Crippen LogP contribution < -0.4 is 10.1 Å². The molecule has 0 saturated carbocycles. The van der Waals surface area contributed by atoms with Crippen LogP contribution in [0.3, 0.4) is 0 Å². The molecule has 0 fully saturated rings. The number of nitrogens with one attached hydrogen (secondary N) is 1. The Labute approximate surface area is 157 Å². The van der Waals surface area contributed by atoms with Gasteiger partial charge in [-0.2, -0.15) is 0 Å². The Bertz CT molecular complexity index is 864. The van der Waals surface area contributed by atoms with Gasteiger partial charge in [-0.25, -0.2) is 9.48 Å². The summed E-state index contributed by atoms with van der Waals surface area (Å²) in [6.45, 7) is 1.16. The van der Waals surface area contributed by atoms with Crippen molar-refractivity contribution in [1.82, 2.24) is 20.3 Å². The Balaban J connectivity index is 1.41. The summed E-state index contributed by atoms with van der Waals surface area (Å²) in [6, 6.07) is 17.7. The molecule has 0 saturated heterocycles. The first-order valence-electron chi connectivity index (χ1n) is 8.69. The molecular weight excluding hydrogens is 344 g/mol. The van der Waals surface area contributed by atoms with E-state index in [2.05, 4.69) is 15.6 Å². The van der Waals surface area contributed by atoms with Gasteiger partial charge in [-0.05, 0) is 29.7 Å². The van der Waals surface area contributed by atoms with Gasteiger partial charge in [-0.3, -0.25) is 0 Å². The first-order chi connectivity index (χ1) is 13.2. The van der Waals surface area contributed by atoms with Crippen molar-refractivity contribution in [2.24, 2.45) is 0 Å². The van der Waals surface area contributed by atoms with Crippen molar-refractivity contribution in [1.29, 1.82) is 0 Å². The topological polar surface area (TPSA) is 78.3 Å². The van der Waals surface area contributed by atoms with E-state index >= 15 is 0 Å². The van der Waals surface area contributed by atoms with Crippen LogP contribution in [0.4, 0.5) is 4.79 Å². The molecule has 7 nitrogen and oxygen atoms in total. The number of nitrogens with zero attached hydrogens (tertiary/aromatic N) is 3. The zero-order valence-corrected chi connectivity index (χ0v) is 15.2. The van der Waals surface area contributed by atoms with Crippen LogP contribution in [0.1, 0.15) is 16.8 Å². The van der Waals surface area contributed by atoms with Crippen molar-refractivity contribution in [3.63, 3.8) is 0 Å². The van der Waals surface area contributed by atoms with Gasteiger partial charge in [0.1, 0.15) is 18.1 Å². The molecular formula is C20H22N4O3. The Morgan fingerprint density at radius 2 is 1.93 bits per heavy atom. The maximum atomic E-state index is 11.8. The molecule has 3 rings (SSSR count). The number of aromatic nitrogens is 3. The molecule has 0 unspecified atom stereocenters. The maximum Gasteiger partial charge on any atom is 0.407 e. The standard InChI is InChI=1S/C20H22N4O3/c1-26-19-9-5-8-17(12-19)13-24-14-18(22-23-24)15-27-20(25)21-11-10-16-6-3-2-4-7-16/h2-9,12,14H,10-11,13,15H2,1H3,(H,21,25). The summed E-state index contributed by atoms with van der Waals surface area (Å²) in [5, 5.41) is 10.8. The predicted molar refractivity (Wildman–Crippen MR) is 100 cm³/mol. The number of alkyl carbamates (subject to hydrolysis) is 1. The molecule has 0 spiro atoms. The molecule has 2 aromatic carbocycles. The molecule has 7 heteroatoms. The van der Waals surface area contributed by atoms with E-state index in [1.165, 1.54) is 5.56 Å². The lowest BCUT2D eigenvalue weighted by atomic mass is 10.1. The van der Waals surface area contributed by atoms with E-state index in [0.29, 0.717) is 18.8 Å². The molecule has 3 aromatic rings.